The molecule has 19 heavy (non-hydrogen) atoms. The van der Waals surface area contributed by atoms with Gasteiger partial charge in [-0.05, 0) is 31.7 Å². The van der Waals surface area contributed by atoms with Crippen molar-refractivity contribution >= 4 is 10.0 Å². The van der Waals surface area contributed by atoms with E-state index in [2.05, 4.69) is 19.2 Å². The quantitative estimate of drug-likeness (QED) is 0.680. The van der Waals surface area contributed by atoms with Crippen LogP contribution in [0.3, 0.4) is 0 Å². The van der Waals surface area contributed by atoms with E-state index in [0.29, 0.717) is 38.1 Å². The Hall–Kier alpha value is -0.170. The van der Waals surface area contributed by atoms with Crippen LogP contribution in [-0.2, 0) is 14.8 Å². The number of nitrogens with zero attached hydrogens (tertiary/aromatic N) is 1. The Kier molecular flexibility index (Phi) is 7.28. The Bertz CT molecular complexity index is 342. The molecule has 114 valence electrons. The maximum atomic E-state index is 12.2. The molecule has 1 fully saturated rings. The number of hydrogen-bond donors (Lipinski definition) is 1. The minimum absolute atomic E-state index is 0.242. The van der Waals surface area contributed by atoms with Crippen LogP contribution in [0.5, 0.6) is 0 Å². The van der Waals surface area contributed by atoms with Crippen molar-refractivity contribution in [3.8, 4) is 0 Å². The zero-order chi connectivity index (χ0) is 14.3. The molecule has 1 atom stereocenters. The third kappa shape index (κ3) is 6.21. The van der Waals surface area contributed by atoms with Crippen LogP contribution < -0.4 is 5.32 Å². The number of piperidine rings is 1. The van der Waals surface area contributed by atoms with Crippen molar-refractivity contribution in [1.29, 1.82) is 0 Å². The van der Waals surface area contributed by atoms with E-state index in [1.165, 1.54) is 0 Å². The molecule has 0 saturated carbocycles. The van der Waals surface area contributed by atoms with E-state index in [0.717, 1.165) is 19.4 Å². The molecule has 6 heteroatoms. The smallest absolute Gasteiger partial charge is 0.214 e. The zero-order valence-electron chi connectivity index (χ0n) is 12.4. The molecular weight excluding hydrogens is 264 g/mol. The zero-order valence-corrected chi connectivity index (χ0v) is 13.2. The van der Waals surface area contributed by atoms with Gasteiger partial charge < -0.3 is 10.1 Å². The summed E-state index contributed by atoms with van der Waals surface area (Å²) < 4.78 is 31.3. The molecule has 1 saturated heterocycles. The molecule has 0 aliphatic carbocycles. The predicted octanol–water partition coefficient (Wildman–Crippen LogP) is 1.06. The number of hydrogen-bond acceptors (Lipinski definition) is 4. The lowest BCUT2D eigenvalue weighted by atomic mass is 10.0. The Labute approximate surface area is 117 Å². The van der Waals surface area contributed by atoms with Crippen molar-refractivity contribution in [2.24, 2.45) is 5.92 Å². The first-order chi connectivity index (χ1) is 8.95. The van der Waals surface area contributed by atoms with E-state index < -0.39 is 10.0 Å². The van der Waals surface area contributed by atoms with Crippen LogP contribution >= 0.6 is 0 Å². The second-order valence-electron chi connectivity index (χ2n) is 5.60. The van der Waals surface area contributed by atoms with Gasteiger partial charge in [0.1, 0.15) is 0 Å². The van der Waals surface area contributed by atoms with E-state index in [9.17, 15) is 8.42 Å². The second-order valence-corrected chi connectivity index (χ2v) is 7.69. The van der Waals surface area contributed by atoms with Crippen molar-refractivity contribution in [2.45, 2.75) is 39.2 Å². The SMILES string of the molecule is COCC1CCCN(S(=O)(=O)CCCNC(C)C)C1. The van der Waals surface area contributed by atoms with Crippen molar-refractivity contribution in [3.05, 3.63) is 0 Å². The van der Waals surface area contributed by atoms with Crippen LogP contribution in [0.4, 0.5) is 0 Å². The summed E-state index contributed by atoms with van der Waals surface area (Å²) in [5, 5.41) is 3.25. The van der Waals surface area contributed by atoms with Gasteiger partial charge in [0, 0.05) is 26.2 Å². The fourth-order valence-corrected chi connectivity index (χ4v) is 4.04. The Balaban J connectivity index is 2.38. The molecule has 1 heterocycles. The van der Waals surface area contributed by atoms with Gasteiger partial charge >= 0.3 is 0 Å². The molecule has 0 aromatic heterocycles. The topological polar surface area (TPSA) is 58.6 Å². The first-order valence-electron chi connectivity index (χ1n) is 7.16. The number of ether oxygens (including phenoxy) is 1. The lowest BCUT2D eigenvalue weighted by Gasteiger charge is -2.31. The highest BCUT2D eigenvalue weighted by molar-refractivity contribution is 7.89. The summed E-state index contributed by atoms with van der Waals surface area (Å²) in [6, 6.07) is 0.406. The maximum Gasteiger partial charge on any atom is 0.214 e. The molecule has 0 spiro atoms. The summed E-state index contributed by atoms with van der Waals surface area (Å²) in [5.74, 6) is 0.592. The lowest BCUT2D eigenvalue weighted by molar-refractivity contribution is 0.118. The van der Waals surface area contributed by atoms with Gasteiger partial charge in [0.25, 0.3) is 0 Å². The highest BCUT2D eigenvalue weighted by Gasteiger charge is 2.28. The predicted molar refractivity (Wildman–Crippen MR) is 77.7 cm³/mol. The fraction of sp³-hybridized carbons (Fsp3) is 1.00. The van der Waals surface area contributed by atoms with Crippen molar-refractivity contribution in [1.82, 2.24) is 9.62 Å². The van der Waals surface area contributed by atoms with Crippen LogP contribution in [0.15, 0.2) is 0 Å². The molecule has 0 radical (unpaired) electrons. The van der Waals surface area contributed by atoms with E-state index in [1.807, 2.05) is 0 Å². The van der Waals surface area contributed by atoms with Crippen LogP contribution in [-0.4, -0.2) is 57.9 Å². The molecule has 1 aliphatic rings. The molecule has 1 N–H and O–H groups in total. The molecule has 5 nitrogen and oxygen atoms in total. The first-order valence-corrected chi connectivity index (χ1v) is 8.76. The van der Waals surface area contributed by atoms with Gasteiger partial charge in [-0.15, -0.1) is 0 Å². The Morgan fingerprint density at radius 1 is 1.42 bits per heavy atom. The molecule has 0 bridgehead atoms. The van der Waals surface area contributed by atoms with Gasteiger partial charge in [-0.1, -0.05) is 13.8 Å². The minimum atomic E-state index is -3.09. The Morgan fingerprint density at radius 2 is 2.16 bits per heavy atom. The molecule has 1 aliphatic heterocycles. The third-order valence-corrected chi connectivity index (χ3v) is 5.33. The van der Waals surface area contributed by atoms with Gasteiger partial charge in [-0.3, -0.25) is 0 Å². The molecular formula is C13H28N2O3S. The van der Waals surface area contributed by atoms with E-state index in [-0.39, 0.29) is 5.75 Å². The van der Waals surface area contributed by atoms with Crippen LogP contribution in [0.1, 0.15) is 33.1 Å². The standard InChI is InChI=1S/C13H28N2O3S/c1-12(2)14-7-5-9-19(16,17)15-8-4-6-13(10-15)11-18-3/h12-14H,4-11H2,1-3H3. The molecule has 0 aromatic rings. The Morgan fingerprint density at radius 3 is 2.79 bits per heavy atom. The summed E-state index contributed by atoms with van der Waals surface area (Å²) in [7, 11) is -1.42. The van der Waals surface area contributed by atoms with Crippen LogP contribution in [0.25, 0.3) is 0 Å². The second kappa shape index (κ2) is 8.19. The largest absolute Gasteiger partial charge is 0.384 e. The summed E-state index contributed by atoms with van der Waals surface area (Å²) in [6.07, 6.45) is 2.68. The molecule has 0 aromatic carbocycles. The maximum absolute atomic E-state index is 12.2. The lowest BCUT2D eigenvalue weighted by Crippen LogP contribution is -2.42. The van der Waals surface area contributed by atoms with Gasteiger partial charge in [-0.25, -0.2) is 12.7 Å². The number of sulfonamides is 1. The van der Waals surface area contributed by atoms with Crippen LogP contribution in [0, 0.1) is 5.92 Å². The molecule has 1 rings (SSSR count). The molecule has 0 amide bonds. The normalized spacial score (nSPS) is 22.0. The van der Waals surface area contributed by atoms with Gasteiger partial charge in [0.15, 0.2) is 0 Å². The monoisotopic (exact) mass is 292 g/mol. The van der Waals surface area contributed by atoms with Gasteiger partial charge in [-0.2, -0.15) is 0 Å². The summed E-state index contributed by atoms with van der Waals surface area (Å²) in [6.45, 7) is 6.82. The summed E-state index contributed by atoms with van der Waals surface area (Å²) in [5.41, 5.74) is 0. The van der Waals surface area contributed by atoms with E-state index >= 15 is 0 Å². The van der Waals surface area contributed by atoms with Gasteiger partial charge in [0.2, 0.25) is 10.0 Å². The summed E-state index contributed by atoms with van der Waals surface area (Å²) >= 11 is 0. The highest BCUT2D eigenvalue weighted by Crippen LogP contribution is 2.19. The first kappa shape index (κ1) is 16.9. The van der Waals surface area contributed by atoms with Crippen LogP contribution in [0.2, 0.25) is 0 Å². The average Bonchev–Trinajstić information content (AvgIpc) is 2.35. The minimum Gasteiger partial charge on any atom is -0.384 e. The third-order valence-electron chi connectivity index (χ3n) is 3.41. The number of nitrogens with one attached hydrogen (secondary N) is 1. The van der Waals surface area contributed by atoms with E-state index in [4.69, 9.17) is 4.74 Å². The highest BCUT2D eigenvalue weighted by atomic mass is 32.2. The summed E-state index contributed by atoms with van der Waals surface area (Å²) in [4.78, 5) is 0. The fourth-order valence-electron chi connectivity index (χ4n) is 2.43. The van der Waals surface area contributed by atoms with Crippen molar-refractivity contribution < 1.29 is 13.2 Å². The molecule has 1 unspecified atom stereocenters. The van der Waals surface area contributed by atoms with Gasteiger partial charge in [0.05, 0.1) is 12.4 Å². The average molecular weight is 292 g/mol. The number of rotatable bonds is 8. The van der Waals surface area contributed by atoms with Crippen molar-refractivity contribution in [2.75, 3.05) is 39.1 Å². The number of methoxy groups -OCH3 is 1. The van der Waals surface area contributed by atoms with E-state index in [1.54, 1.807) is 11.4 Å². The van der Waals surface area contributed by atoms with Crippen molar-refractivity contribution in [3.63, 3.8) is 0 Å².